The van der Waals surface area contributed by atoms with E-state index in [1.54, 1.807) is 12.5 Å². The molecule has 1 unspecified atom stereocenters. The highest BCUT2D eigenvalue weighted by atomic mass is 16.3. The summed E-state index contributed by atoms with van der Waals surface area (Å²) in [5.74, 6) is 5.58. The summed E-state index contributed by atoms with van der Waals surface area (Å²) in [7, 11) is 0. The van der Waals surface area contributed by atoms with Crippen LogP contribution in [0.1, 0.15) is 28.6 Å². The van der Waals surface area contributed by atoms with Crippen LogP contribution in [-0.4, -0.2) is 4.98 Å². The second-order valence-electron chi connectivity index (χ2n) is 3.84. The number of hydrogen-bond acceptors (Lipinski definition) is 4. The van der Waals surface area contributed by atoms with Gasteiger partial charge in [-0.2, -0.15) is 0 Å². The van der Waals surface area contributed by atoms with E-state index in [-0.39, 0.29) is 6.04 Å². The molecule has 4 heteroatoms. The van der Waals surface area contributed by atoms with Gasteiger partial charge in [0.05, 0.1) is 18.6 Å². The summed E-state index contributed by atoms with van der Waals surface area (Å²) in [5, 5.41) is 0. The number of nitrogens with zero attached hydrogens (tertiary/aromatic N) is 1. The molecule has 0 aliphatic rings. The maximum atomic E-state index is 5.58. The second-order valence-corrected chi connectivity index (χ2v) is 3.84. The first-order valence-corrected chi connectivity index (χ1v) is 5.14. The van der Waals surface area contributed by atoms with Gasteiger partial charge in [0.1, 0.15) is 0 Å². The molecule has 0 aliphatic heterocycles. The van der Waals surface area contributed by atoms with E-state index < -0.39 is 0 Å². The van der Waals surface area contributed by atoms with Crippen LogP contribution in [0.4, 0.5) is 0 Å². The van der Waals surface area contributed by atoms with E-state index in [0.717, 1.165) is 22.5 Å². The van der Waals surface area contributed by atoms with E-state index in [1.165, 1.54) is 0 Å². The van der Waals surface area contributed by atoms with Gasteiger partial charge in [0.2, 0.25) is 0 Å². The first-order chi connectivity index (χ1) is 7.70. The van der Waals surface area contributed by atoms with Crippen molar-refractivity contribution in [2.75, 3.05) is 0 Å². The number of nitrogens with two attached hydrogens (primary N) is 1. The minimum atomic E-state index is -0.0563. The van der Waals surface area contributed by atoms with Crippen molar-refractivity contribution in [2.24, 2.45) is 5.84 Å². The van der Waals surface area contributed by atoms with Crippen molar-refractivity contribution < 1.29 is 4.42 Å². The Morgan fingerprint density at radius 1 is 1.25 bits per heavy atom. The van der Waals surface area contributed by atoms with Gasteiger partial charge >= 0.3 is 0 Å². The fraction of sp³-hybridized carbons (Fsp3) is 0.250. The fourth-order valence-corrected chi connectivity index (χ4v) is 1.86. The van der Waals surface area contributed by atoms with Gasteiger partial charge in [0.25, 0.3) is 0 Å². The molecule has 2 heterocycles. The number of pyridine rings is 1. The lowest BCUT2D eigenvalue weighted by atomic mass is 10.0. The Balaban J connectivity index is 2.41. The lowest BCUT2D eigenvalue weighted by Gasteiger charge is -2.15. The highest BCUT2D eigenvalue weighted by molar-refractivity contribution is 5.31. The summed E-state index contributed by atoms with van der Waals surface area (Å²) >= 11 is 0. The topological polar surface area (TPSA) is 64.1 Å². The van der Waals surface area contributed by atoms with Crippen molar-refractivity contribution in [3.05, 3.63) is 53.2 Å². The quantitative estimate of drug-likeness (QED) is 0.608. The number of nitrogens with one attached hydrogen (secondary N) is 1. The highest BCUT2D eigenvalue weighted by Crippen LogP contribution is 2.22. The largest absolute Gasteiger partial charge is 0.472 e. The number of aromatic nitrogens is 1. The molecule has 0 saturated carbocycles. The van der Waals surface area contributed by atoms with E-state index in [0.29, 0.717) is 0 Å². The average Bonchev–Trinajstić information content (AvgIpc) is 2.70. The van der Waals surface area contributed by atoms with Crippen LogP contribution in [0, 0.1) is 13.8 Å². The standard InChI is InChI=1S/C12H15N3O/c1-8-5-11(6-9(2)14-8)12(15-13)10-3-4-16-7-10/h3-7,12,15H,13H2,1-2H3. The fourth-order valence-electron chi connectivity index (χ4n) is 1.86. The molecule has 0 amide bonds. The van der Waals surface area contributed by atoms with Crippen molar-refractivity contribution in [3.8, 4) is 0 Å². The zero-order chi connectivity index (χ0) is 11.5. The van der Waals surface area contributed by atoms with E-state index in [2.05, 4.69) is 10.4 Å². The summed E-state index contributed by atoms with van der Waals surface area (Å²) < 4.78 is 5.07. The van der Waals surface area contributed by atoms with Gasteiger partial charge in [0, 0.05) is 17.0 Å². The molecule has 0 bridgehead atoms. The SMILES string of the molecule is Cc1cc(C(NN)c2ccoc2)cc(C)n1. The van der Waals surface area contributed by atoms with E-state index >= 15 is 0 Å². The monoisotopic (exact) mass is 217 g/mol. The van der Waals surface area contributed by atoms with Gasteiger partial charge in [-0.25, -0.2) is 5.43 Å². The number of hydrogen-bond donors (Lipinski definition) is 2. The molecule has 3 N–H and O–H groups in total. The maximum absolute atomic E-state index is 5.58. The molecule has 0 spiro atoms. The summed E-state index contributed by atoms with van der Waals surface area (Å²) in [6, 6.07) is 5.88. The Hall–Kier alpha value is -1.65. The zero-order valence-corrected chi connectivity index (χ0v) is 9.40. The third-order valence-electron chi connectivity index (χ3n) is 2.48. The summed E-state index contributed by atoms with van der Waals surface area (Å²) in [4.78, 5) is 4.34. The Kier molecular flexibility index (Phi) is 3.03. The molecule has 0 saturated heterocycles. The van der Waals surface area contributed by atoms with Crippen LogP contribution in [0.5, 0.6) is 0 Å². The van der Waals surface area contributed by atoms with Crippen LogP contribution in [-0.2, 0) is 0 Å². The number of aryl methyl sites for hydroxylation is 2. The molecule has 1 atom stereocenters. The molecule has 84 valence electrons. The first-order valence-electron chi connectivity index (χ1n) is 5.14. The number of furan rings is 1. The average molecular weight is 217 g/mol. The maximum Gasteiger partial charge on any atom is 0.0954 e. The number of hydrazine groups is 1. The van der Waals surface area contributed by atoms with Crippen molar-refractivity contribution in [1.82, 2.24) is 10.4 Å². The minimum absolute atomic E-state index is 0.0563. The molecule has 0 aliphatic carbocycles. The molecule has 2 rings (SSSR count). The lowest BCUT2D eigenvalue weighted by Crippen LogP contribution is -2.28. The third kappa shape index (κ3) is 2.13. The van der Waals surface area contributed by atoms with E-state index in [4.69, 9.17) is 10.3 Å². The Labute approximate surface area is 94.5 Å². The molecule has 0 radical (unpaired) electrons. The van der Waals surface area contributed by atoms with Crippen molar-refractivity contribution in [1.29, 1.82) is 0 Å². The van der Waals surface area contributed by atoms with Crippen LogP contribution in [0.15, 0.2) is 35.1 Å². The predicted octanol–water partition coefficient (Wildman–Crippen LogP) is 1.84. The molecular weight excluding hydrogens is 202 g/mol. The molecule has 0 fully saturated rings. The molecule has 4 nitrogen and oxygen atoms in total. The highest BCUT2D eigenvalue weighted by Gasteiger charge is 2.14. The second kappa shape index (κ2) is 4.47. The van der Waals surface area contributed by atoms with E-state index in [9.17, 15) is 0 Å². The van der Waals surface area contributed by atoms with Gasteiger partial charge < -0.3 is 4.42 Å². The zero-order valence-electron chi connectivity index (χ0n) is 9.40. The molecule has 2 aromatic heterocycles. The van der Waals surface area contributed by atoms with Gasteiger partial charge in [-0.05, 0) is 37.6 Å². The van der Waals surface area contributed by atoms with Gasteiger partial charge in [-0.15, -0.1) is 0 Å². The van der Waals surface area contributed by atoms with Crippen LogP contribution in [0.25, 0.3) is 0 Å². The van der Waals surface area contributed by atoms with E-state index in [1.807, 2.05) is 32.0 Å². The number of rotatable bonds is 3. The Bertz CT molecular complexity index is 445. The summed E-state index contributed by atoms with van der Waals surface area (Å²) in [5.41, 5.74) is 6.86. The Morgan fingerprint density at radius 2 is 1.94 bits per heavy atom. The molecule has 16 heavy (non-hydrogen) atoms. The normalized spacial score (nSPS) is 12.7. The smallest absolute Gasteiger partial charge is 0.0954 e. The minimum Gasteiger partial charge on any atom is -0.472 e. The van der Waals surface area contributed by atoms with Crippen molar-refractivity contribution >= 4 is 0 Å². The van der Waals surface area contributed by atoms with Crippen molar-refractivity contribution in [3.63, 3.8) is 0 Å². The van der Waals surface area contributed by atoms with Gasteiger partial charge in [0.15, 0.2) is 0 Å². The van der Waals surface area contributed by atoms with Gasteiger partial charge in [-0.3, -0.25) is 10.8 Å². The molecular formula is C12H15N3O. The van der Waals surface area contributed by atoms with Gasteiger partial charge in [-0.1, -0.05) is 0 Å². The molecule has 2 aromatic rings. The lowest BCUT2D eigenvalue weighted by molar-refractivity contribution is 0.553. The Morgan fingerprint density at radius 3 is 2.44 bits per heavy atom. The third-order valence-corrected chi connectivity index (χ3v) is 2.48. The predicted molar refractivity (Wildman–Crippen MR) is 61.6 cm³/mol. The first kappa shape index (κ1) is 10.9. The summed E-state index contributed by atoms with van der Waals surface area (Å²) in [6.07, 6.45) is 3.33. The van der Waals surface area contributed by atoms with Crippen LogP contribution in [0.2, 0.25) is 0 Å². The van der Waals surface area contributed by atoms with Crippen LogP contribution in [0.3, 0.4) is 0 Å². The molecule has 0 aromatic carbocycles. The summed E-state index contributed by atoms with van der Waals surface area (Å²) in [6.45, 7) is 3.94. The van der Waals surface area contributed by atoms with Crippen LogP contribution >= 0.6 is 0 Å². The van der Waals surface area contributed by atoms with Crippen molar-refractivity contribution in [2.45, 2.75) is 19.9 Å². The van der Waals surface area contributed by atoms with Crippen LogP contribution < -0.4 is 11.3 Å².